The number of rotatable bonds is 4. The fourth-order valence-electron chi connectivity index (χ4n) is 2.23. The van der Waals surface area contributed by atoms with Crippen molar-refractivity contribution in [3.8, 4) is 0 Å². The Bertz CT molecular complexity index is 978. The van der Waals surface area contributed by atoms with Gasteiger partial charge in [-0.2, -0.15) is 13.2 Å². The van der Waals surface area contributed by atoms with Gasteiger partial charge in [0.2, 0.25) is 5.91 Å². The molecule has 0 unspecified atom stereocenters. The van der Waals surface area contributed by atoms with Crippen LogP contribution in [-0.2, 0) is 17.5 Å². The smallest absolute Gasteiger partial charge is 0.345 e. The van der Waals surface area contributed by atoms with Crippen molar-refractivity contribution >= 4 is 17.6 Å². The van der Waals surface area contributed by atoms with Crippen LogP contribution >= 0.6 is 0 Å². The number of aromatic nitrogens is 3. The van der Waals surface area contributed by atoms with Gasteiger partial charge in [0.25, 0.3) is 0 Å². The Morgan fingerprint density at radius 1 is 1.19 bits per heavy atom. The number of halogens is 4. The normalized spacial score (nSPS) is 12.0. The highest BCUT2D eigenvalue weighted by molar-refractivity contribution is 5.91. The zero-order valence-corrected chi connectivity index (χ0v) is 13.2. The molecule has 134 valence electrons. The summed E-state index contributed by atoms with van der Waals surface area (Å²) < 4.78 is 52.6. The van der Waals surface area contributed by atoms with Crippen LogP contribution in [0.15, 0.2) is 48.7 Å². The Morgan fingerprint density at radius 3 is 2.73 bits per heavy atom. The topological polar surface area (TPSA) is 59.3 Å². The van der Waals surface area contributed by atoms with Crippen LogP contribution in [0.25, 0.3) is 11.7 Å². The van der Waals surface area contributed by atoms with Gasteiger partial charge in [-0.3, -0.25) is 9.20 Å². The van der Waals surface area contributed by atoms with Crippen LogP contribution in [0.4, 0.5) is 17.6 Å². The number of pyridine rings is 1. The molecule has 0 aliphatic heterocycles. The first kappa shape index (κ1) is 17.6. The van der Waals surface area contributed by atoms with E-state index in [1.165, 1.54) is 40.8 Å². The molecule has 1 amide bonds. The second-order valence-corrected chi connectivity index (χ2v) is 5.37. The average molecular weight is 364 g/mol. The number of amides is 1. The second kappa shape index (κ2) is 6.95. The average Bonchev–Trinajstić information content (AvgIpc) is 3.00. The first-order valence-electron chi connectivity index (χ1n) is 7.45. The molecule has 0 aliphatic carbocycles. The highest BCUT2D eigenvalue weighted by Gasteiger charge is 2.31. The first-order valence-corrected chi connectivity index (χ1v) is 7.45. The number of nitrogens with zero attached hydrogens (tertiary/aromatic N) is 3. The quantitative estimate of drug-likeness (QED) is 0.571. The molecule has 0 radical (unpaired) electrons. The molecule has 2 heterocycles. The van der Waals surface area contributed by atoms with Crippen molar-refractivity contribution in [1.82, 2.24) is 19.9 Å². The summed E-state index contributed by atoms with van der Waals surface area (Å²) in [5, 5.41) is 10.0. The maximum absolute atomic E-state index is 13.1. The third kappa shape index (κ3) is 4.05. The molecule has 0 bridgehead atoms. The van der Waals surface area contributed by atoms with E-state index < -0.39 is 23.5 Å². The Kier molecular flexibility index (Phi) is 4.70. The predicted molar refractivity (Wildman–Crippen MR) is 85.3 cm³/mol. The van der Waals surface area contributed by atoms with E-state index in [4.69, 9.17) is 0 Å². The molecular weight excluding hydrogens is 352 g/mol. The summed E-state index contributed by atoms with van der Waals surface area (Å²) in [6.45, 7) is -0.116. The van der Waals surface area contributed by atoms with Crippen molar-refractivity contribution in [1.29, 1.82) is 0 Å². The standard InChI is InChI=1S/C17H12F4N4O/c18-13-3-1-2-11(8-13)4-7-16(26)22-9-15-24-23-14-6-5-12(10-25(14)15)17(19,20)21/h1-8,10H,9H2,(H,22,26)/b7-4+. The van der Waals surface area contributed by atoms with E-state index in [1.807, 2.05) is 0 Å². The third-order valence-electron chi connectivity index (χ3n) is 3.50. The molecule has 2 aromatic heterocycles. The predicted octanol–water partition coefficient (Wildman–Crippen LogP) is 3.22. The van der Waals surface area contributed by atoms with Gasteiger partial charge in [-0.1, -0.05) is 12.1 Å². The number of carbonyl (C=O) groups excluding carboxylic acids is 1. The zero-order valence-electron chi connectivity index (χ0n) is 13.2. The lowest BCUT2D eigenvalue weighted by molar-refractivity contribution is -0.137. The Morgan fingerprint density at radius 2 is 2.00 bits per heavy atom. The summed E-state index contributed by atoms with van der Waals surface area (Å²) in [5.41, 5.74) is -0.108. The molecule has 3 aromatic rings. The molecule has 0 fully saturated rings. The maximum atomic E-state index is 13.1. The highest BCUT2D eigenvalue weighted by atomic mass is 19.4. The fourth-order valence-corrected chi connectivity index (χ4v) is 2.23. The van der Waals surface area contributed by atoms with E-state index >= 15 is 0 Å². The zero-order chi connectivity index (χ0) is 18.7. The lowest BCUT2D eigenvalue weighted by Gasteiger charge is -2.07. The van der Waals surface area contributed by atoms with Gasteiger partial charge in [-0.25, -0.2) is 4.39 Å². The minimum Gasteiger partial charge on any atom is -0.345 e. The van der Waals surface area contributed by atoms with Gasteiger partial charge in [0, 0.05) is 12.3 Å². The van der Waals surface area contributed by atoms with E-state index in [9.17, 15) is 22.4 Å². The van der Waals surface area contributed by atoms with E-state index in [1.54, 1.807) is 6.07 Å². The summed E-state index contributed by atoms with van der Waals surface area (Å²) in [7, 11) is 0. The molecule has 5 nitrogen and oxygen atoms in total. The van der Waals surface area contributed by atoms with Crippen molar-refractivity contribution in [2.75, 3.05) is 0 Å². The molecular formula is C17H12F4N4O. The summed E-state index contributed by atoms with van der Waals surface area (Å²) in [4.78, 5) is 11.8. The second-order valence-electron chi connectivity index (χ2n) is 5.37. The van der Waals surface area contributed by atoms with Crippen molar-refractivity contribution in [2.45, 2.75) is 12.7 Å². The largest absolute Gasteiger partial charge is 0.417 e. The molecule has 1 N–H and O–H groups in total. The van der Waals surface area contributed by atoms with Crippen LogP contribution in [0.1, 0.15) is 17.0 Å². The minimum atomic E-state index is -4.49. The van der Waals surface area contributed by atoms with Crippen molar-refractivity contribution < 1.29 is 22.4 Å². The molecule has 9 heteroatoms. The SMILES string of the molecule is O=C(/C=C/c1cccc(F)c1)NCc1nnc2ccc(C(F)(F)F)cn12. The van der Waals surface area contributed by atoms with Crippen molar-refractivity contribution in [2.24, 2.45) is 0 Å². The van der Waals surface area contributed by atoms with Gasteiger partial charge in [0.05, 0.1) is 12.1 Å². The Hall–Kier alpha value is -3.23. The highest BCUT2D eigenvalue weighted by Crippen LogP contribution is 2.29. The number of nitrogens with one attached hydrogen (secondary N) is 1. The van der Waals surface area contributed by atoms with Gasteiger partial charge in [-0.05, 0) is 35.9 Å². The number of hydrogen-bond donors (Lipinski definition) is 1. The molecule has 3 rings (SSSR count). The van der Waals surface area contributed by atoms with Gasteiger partial charge in [0.1, 0.15) is 5.82 Å². The lowest BCUT2D eigenvalue weighted by atomic mass is 10.2. The van der Waals surface area contributed by atoms with E-state index in [-0.39, 0.29) is 18.0 Å². The third-order valence-corrected chi connectivity index (χ3v) is 3.50. The molecule has 0 spiro atoms. The van der Waals surface area contributed by atoms with Crippen LogP contribution in [0.3, 0.4) is 0 Å². The van der Waals surface area contributed by atoms with Crippen molar-refractivity contribution in [3.63, 3.8) is 0 Å². The number of benzene rings is 1. The number of carbonyl (C=O) groups is 1. The summed E-state index contributed by atoms with van der Waals surface area (Å²) in [5.74, 6) is -0.778. The summed E-state index contributed by atoms with van der Waals surface area (Å²) in [6, 6.07) is 7.78. The van der Waals surface area contributed by atoms with E-state index in [0.717, 1.165) is 12.3 Å². The molecule has 26 heavy (non-hydrogen) atoms. The molecule has 0 atom stereocenters. The molecule has 0 aliphatic rings. The molecule has 1 aromatic carbocycles. The monoisotopic (exact) mass is 364 g/mol. The van der Waals surface area contributed by atoms with Crippen LogP contribution in [0.5, 0.6) is 0 Å². The van der Waals surface area contributed by atoms with Gasteiger partial charge >= 0.3 is 6.18 Å². The van der Waals surface area contributed by atoms with Gasteiger partial charge in [0.15, 0.2) is 11.5 Å². The Labute approximate surface area is 145 Å². The van der Waals surface area contributed by atoms with Gasteiger partial charge in [-0.15, -0.1) is 10.2 Å². The van der Waals surface area contributed by atoms with Crippen LogP contribution in [-0.4, -0.2) is 20.5 Å². The fraction of sp³-hybridized carbons (Fsp3) is 0.118. The number of hydrogen-bond acceptors (Lipinski definition) is 3. The summed E-state index contributed by atoms with van der Waals surface area (Å²) in [6.07, 6.45) is -1.01. The minimum absolute atomic E-state index is 0.116. The molecule has 0 saturated carbocycles. The van der Waals surface area contributed by atoms with Crippen LogP contribution in [0.2, 0.25) is 0 Å². The maximum Gasteiger partial charge on any atom is 0.417 e. The van der Waals surface area contributed by atoms with E-state index in [0.29, 0.717) is 5.56 Å². The first-order chi connectivity index (χ1) is 12.3. The number of fused-ring (bicyclic) bond motifs is 1. The van der Waals surface area contributed by atoms with Crippen LogP contribution in [0, 0.1) is 5.82 Å². The van der Waals surface area contributed by atoms with Crippen LogP contribution < -0.4 is 5.32 Å². The van der Waals surface area contributed by atoms with Crippen molar-refractivity contribution in [3.05, 3.63) is 71.4 Å². The molecule has 0 saturated heterocycles. The Balaban J connectivity index is 1.70. The lowest BCUT2D eigenvalue weighted by Crippen LogP contribution is -2.21. The van der Waals surface area contributed by atoms with E-state index in [2.05, 4.69) is 15.5 Å². The number of alkyl halides is 3. The summed E-state index contributed by atoms with van der Waals surface area (Å²) >= 11 is 0. The van der Waals surface area contributed by atoms with Gasteiger partial charge < -0.3 is 5.32 Å².